The maximum atomic E-state index is 7.00. The third-order valence-corrected chi connectivity index (χ3v) is 0.742. The first-order valence-electron chi connectivity index (χ1n) is 1.33. The van der Waals surface area contributed by atoms with E-state index < -0.39 is 0 Å². The fourth-order valence-electron chi connectivity index (χ4n) is 0. The molecule has 0 aromatic carbocycles. The van der Waals surface area contributed by atoms with E-state index in [2.05, 4.69) is 0 Å². The maximum absolute atomic E-state index is 7.00. The Labute approximate surface area is 57.5 Å². The fourth-order valence-corrected chi connectivity index (χ4v) is 0. The molecule has 0 aliphatic carbocycles. The van der Waals surface area contributed by atoms with Gasteiger partial charge < -0.3 is 5.11 Å². The average molecular weight is 163 g/mol. The van der Waals surface area contributed by atoms with Crippen molar-refractivity contribution in [1.29, 1.82) is 0 Å². The summed E-state index contributed by atoms with van der Waals surface area (Å²) in [4.78, 5) is 0. The van der Waals surface area contributed by atoms with E-state index >= 15 is 0 Å². The second-order valence-corrected chi connectivity index (χ2v) is 1.62. The first-order valence-corrected chi connectivity index (χ1v) is 2.52. The zero-order valence-electron chi connectivity index (χ0n) is 3.66. The van der Waals surface area contributed by atoms with Crippen LogP contribution in [0.3, 0.4) is 0 Å². The van der Waals surface area contributed by atoms with Crippen LogP contribution in [0.5, 0.6) is 0 Å². The summed E-state index contributed by atoms with van der Waals surface area (Å²) in [5.74, 6) is 0. The van der Waals surface area contributed by atoms with E-state index in [4.69, 9.17) is 39.9 Å². The zero-order valence-corrected chi connectivity index (χ0v) is 5.93. The van der Waals surface area contributed by atoms with Crippen LogP contribution in [-0.2, 0) is 0 Å². The molecular weight excluding hydrogens is 158 g/mol. The third kappa shape index (κ3) is 20.8. The quantitative estimate of drug-likeness (QED) is 0.580. The number of hydrogen-bond donors (Lipinski definition) is 1. The number of aliphatic hydroxyl groups is 1. The molecule has 0 aliphatic rings. The number of rotatable bonds is 0. The Bertz CT molecular complexity index is 48.1. The first kappa shape index (κ1) is 10.5. The van der Waals surface area contributed by atoms with Crippen LogP contribution in [0.1, 0.15) is 0 Å². The minimum Gasteiger partial charge on any atom is -0.400 e. The molecule has 0 fully saturated rings. The molecule has 0 unspecified atom stereocenters. The van der Waals surface area contributed by atoms with Gasteiger partial charge in [0.05, 0.1) is 0 Å². The van der Waals surface area contributed by atoms with Crippen LogP contribution < -0.4 is 0 Å². The Morgan fingerprint density at radius 2 is 1.57 bits per heavy atom. The Kier molecular flexibility index (Phi) is 14.7. The molecule has 0 saturated carbocycles. The lowest BCUT2D eigenvalue weighted by Crippen LogP contribution is -1.33. The topological polar surface area (TPSA) is 20.2 Å². The summed E-state index contributed by atoms with van der Waals surface area (Å²) in [5, 5.41) is 7.00. The SMILES string of the molecule is CO.ClC=C(Cl)Cl. The molecule has 7 heavy (non-hydrogen) atoms. The van der Waals surface area contributed by atoms with Gasteiger partial charge >= 0.3 is 0 Å². The predicted octanol–water partition coefficient (Wildman–Crippen LogP) is 2.11. The van der Waals surface area contributed by atoms with Crippen molar-refractivity contribution >= 4 is 34.8 Å². The minimum absolute atomic E-state index is 0.0895. The molecule has 0 spiro atoms. The molecule has 0 saturated heterocycles. The summed E-state index contributed by atoms with van der Waals surface area (Å²) in [7, 11) is 1.00. The number of hydrogen-bond acceptors (Lipinski definition) is 1. The second kappa shape index (κ2) is 9.76. The standard InChI is InChI=1S/C2HCl3.CH4O/c3-1-2(4)5;1-2/h1H;2H,1H3. The van der Waals surface area contributed by atoms with E-state index in [-0.39, 0.29) is 4.49 Å². The molecule has 0 aromatic rings. The molecule has 0 rings (SSSR count). The highest BCUT2D eigenvalue weighted by Gasteiger charge is 1.70. The van der Waals surface area contributed by atoms with Crippen LogP contribution in [0, 0.1) is 0 Å². The van der Waals surface area contributed by atoms with Gasteiger partial charge in [0, 0.05) is 12.6 Å². The molecule has 0 amide bonds. The lowest BCUT2D eigenvalue weighted by atomic mass is 11.2. The van der Waals surface area contributed by atoms with Gasteiger partial charge in [0.1, 0.15) is 4.49 Å². The van der Waals surface area contributed by atoms with Gasteiger partial charge in [0.25, 0.3) is 0 Å². The lowest BCUT2D eigenvalue weighted by Gasteiger charge is -1.64. The normalized spacial score (nSPS) is 5.86. The molecule has 0 heterocycles. The predicted molar refractivity (Wildman–Crippen MR) is 33.8 cm³/mol. The highest BCUT2D eigenvalue weighted by molar-refractivity contribution is 6.58. The molecule has 0 atom stereocenters. The summed E-state index contributed by atoms with van der Waals surface area (Å²) in [6.45, 7) is 0. The summed E-state index contributed by atoms with van der Waals surface area (Å²) >= 11 is 14.8. The molecule has 0 radical (unpaired) electrons. The second-order valence-electron chi connectivity index (χ2n) is 0.399. The Morgan fingerprint density at radius 1 is 1.43 bits per heavy atom. The maximum Gasteiger partial charge on any atom is 0.118 e. The smallest absolute Gasteiger partial charge is 0.118 e. The van der Waals surface area contributed by atoms with E-state index in [1.165, 1.54) is 0 Å². The highest BCUT2D eigenvalue weighted by Crippen LogP contribution is 2.05. The third-order valence-electron chi connectivity index (χ3n) is 0.0825. The molecule has 1 nitrogen and oxygen atoms in total. The average Bonchev–Trinajstić information content (AvgIpc) is 1.73. The van der Waals surface area contributed by atoms with Crippen LogP contribution in [0.2, 0.25) is 0 Å². The highest BCUT2D eigenvalue weighted by atomic mass is 35.5. The first-order chi connectivity index (χ1) is 3.27. The van der Waals surface area contributed by atoms with Crippen molar-refractivity contribution in [2.45, 2.75) is 0 Å². The monoisotopic (exact) mass is 162 g/mol. The van der Waals surface area contributed by atoms with Crippen molar-refractivity contribution in [3.05, 3.63) is 10.0 Å². The van der Waals surface area contributed by atoms with Gasteiger partial charge in [-0.2, -0.15) is 0 Å². The van der Waals surface area contributed by atoms with Crippen molar-refractivity contribution in [3.63, 3.8) is 0 Å². The van der Waals surface area contributed by atoms with E-state index in [1.54, 1.807) is 0 Å². The van der Waals surface area contributed by atoms with Crippen molar-refractivity contribution in [1.82, 2.24) is 0 Å². The van der Waals surface area contributed by atoms with Crippen molar-refractivity contribution in [2.24, 2.45) is 0 Å². The van der Waals surface area contributed by atoms with E-state index in [0.29, 0.717) is 0 Å². The van der Waals surface area contributed by atoms with Crippen molar-refractivity contribution in [3.8, 4) is 0 Å². The Morgan fingerprint density at radius 3 is 1.57 bits per heavy atom. The summed E-state index contributed by atoms with van der Waals surface area (Å²) < 4.78 is 0.0895. The Hall–Kier alpha value is 0.570. The van der Waals surface area contributed by atoms with Crippen LogP contribution in [0.15, 0.2) is 10.0 Å². The van der Waals surface area contributed by atoms with Crippen molar-refractivity contribution < 1.29 is 5.11 Å². The van der Waals surface area contributed by atoms with Gasteiger partial charge in [0.15, 0.2) is 0 Å². The molecule has 1 N–H and O–H groups in total. The fraction of sp³-hybridized carbons (Fsp3) is 0.333. The number of halogens is 3. The molecular formula is C3H5Cl3O. The van der Waals surface area contributed by atoms with E-state index in [9.17, 15) is 0 Å². The summed E-state index contributed by atoms with van der Waals surface area (Å²) in [6.07, 6.45) is 0. The molecule has 0 bridgehead atoms. The van der Waals surface area contributed by atoms with Crippen LogP contribution in [0.25, 0.3) is 0 Å². The molecule has 4 heteroatoms. The molecule has 44 valence electrons. The van der Waals surface area contributed by atoms with Crippen LogP contribution in [-0.4, -0.2) is 12.2 Å². The van der Waals surface area contributed by atoms with Gasteiger partial charge in [0.2, 0.25) is 0 Å². The van der Waals surface area contributed by atoms with Gasteiger partial charge in [-0.3, -0.25) is 0 Å². The molecule has 0 aromatic heterocycles. The molecule has 0 aliphatic heterocycles. The van der Waals surface area contributed by atoms with E-state index in [0.717, 1.165) is 12.6 Å². The minimum atomic E-state index is 0.0895. The van der Waals surface area contributed by atoms with Crippen LogP contribution >= 0.6 is 34.8 Å². The van der Waals surface area contributed by atoms with Gasteiger partial charge in [-0.25, -0.2) is 0 Å². The summed E-state index contributed by atoms with van der Waals surface area (Å²) in [5.41, 5.74) is 1.09. The zero-order chi connectivity index (χ0) is 6.28. The Balaban J connectivity index is 0. The van der Waals surface area contributed by atoms with E-state index in [1.807, 2.05) is 0 Å². The van der Waals surface area contributed by atoms with Crippen molar-refractivity contribution in [2.75, 3.05) is 7.11 Å². The van der Waals surface area contributed by atoms with Gasteiger partial charge in [-0.1, -0.05) is 34.8 Å². The van der Waals surface area contributed by atoms with Gasteiger partial charge in [-0.05, 0) is 0 Å². The lowest BCUT2D eigenvalue weighted by molar-refractivity contribution is 0.399. The summed E-state index contributed by atoms with van der Waals surface area (Å²) in [6, 6.07) is 0. The van der Waals surface area contributed by atoms with Gasteiger partial charge in [-0.15, -0.1) is 0 Å². The number of aliphatic hydroxyl groups excluding tert-OH is 1. The van der Waals surface area contributed by atoms with Crippen LogP contribution in [0.4, 0.5) is 0 Å². The largest absolute Gasteiger partial charge is 0.400 e.